The van der Waals surface area contributed by atoms with Gasteiger partial charge in [-0.2, -0.15) is 5.10 Å². The lowest BCUT2D eigenvalue weighted by molar-refractivity contribution is -0.125. The molecule has 1 aliphatic heterocycles. The van der Waals surface area contributed by atoms with Crippen LogP contribution in [0.15, 0.2) is 72.0 Å². The Morgan fingerprint density at radius 1 is 1.19 bits per heavy atom. The van der Waals surface area contributed by atoms with Crippen molar-refractivity contribution in [1.82, 2.24) is 9.78 Å². The number of amides is 1. The van der Waals surface area contributed by atoms with Gasteiger partial charge in [-0.25, -0.2) is 4.68 Å². The van der Waals surface area contributed by atoms with Gasteiger partial charge < -0.3 is 10.2 Å². The van der Waals surface area contributed by atoms with Crippen LogP contribution in [0.4, 0.5) is 5.82 Å². The third-order valence-electron chi connectivity index (χ3n) is 4.45. The summed E-state index contributed by atoms with van der Waals surface area (Å²) >= 11 is 0. The number of nitrogens with one attached hydrogen (secondary N) is 1. The van der Waals surface area contributed by atoms with Gasteiger partial charge in [0.2, 0.25) is 6.10 Å². The Balaban J connectivity index is 1.41. The molecule has 6 nitrogen and oxygen atoms in total. The number of hydrogen-bond acceptors (Lipinski definition) is 4. The predicted molar refractivity (Wildman–Crippen MR) is 104 cm³/mol. The number of anilines is 1. The van der Waals surface area contributed by atoms with Gasteiger partial charge in [0.05, 0.1) is 18.5 Å². The number of aryl methyl sites for hydroxylation is 1. The van der Waals surface area contributed by atoms with E-state index in [-0.39, 0.29) is 5.91 Å². The van der Waals surface area contributed by atoms with E-state index in [1.165, 1.54) is 5.56 Å². The molecule has 1 unspecified atom stereocenters. The van der Waals surface area contributed by atoms with Crippen molar-refractivity contribution in [1.29, 1.82) is 0 Å². The van der Waals surface area contributed by atoms with E-state index >= 15 is 0 Å². The van der Waals surface area contributed by atoms with Crippen molar-refractivity contribution in [2.75, 3.05) is 5.32 Å². The monoisotopic (exact) mass is 360 g/mol. The quantitative estimate of drug-likeness (QED) is 0.758. The first-order chi connectivity index (χ1) is 13.2. The van der Waals surface area contributed by atoms with E-state index in [4.69, 9.17) is 4.84 Å². The van der Waals surface area contributed by atoms with Gasteiger partial charge >= 0.3 is 0 Å². The van der Waals surface area contributed by atoms with Crippen LogP contribution in [0.5, 0.6) is 0 Å². The largest absolute Gasteiger partial charge is 0.382 e. The molecule has 1 atom stereocenters. The highest BCUT2D eigenvalue weighted by Gasteiger charge is 2.29. The molecule has 0 bridgehead atoms. The molecule has 1 aliphatic rings. The summed E-state index contributed by atoms with van der Waals surface area (Å²) in [6.45, 7) is 2.64. The minimum atomic E-state index is -0.637. The number of oxime groups is 1. The summed E-state index contributed by atoms with van der Waals surface area (Å²) in [6.07, 6.45) is 1.48. The van der Waals surface area contributed by atoms with E-state index in [0.717, 1.165) is 16.8 Å². The summed E-state index contributed by atoms with van der Waals surface area (Å²) in [5, 5.41) is 11.3. The summed E-state index contributed by atoms with van der Waals surface area (Å²) in [7, 11) is 0. The van der Waals surface area contributed by atoms with Crippen LogP contribution < -0.4 is 5.32 Å². The summed E-state index contributed by atoms with van der Waals surface area (Å²) < 4.78 is 1.76. The number of rotatable bonds is 5. The number of nitrogens with zero attached hydrogens (tertiary/aromatic N) is 3. The minimum Gasteiger partial charge on any atom is -0.382 e. The fraction of sp³-hybridized carbons (Fsp3) is 0.190. The lowest BCUT2D eigenvalue weighted by Gasteiger charge is -2.12. The van der Waals surface area contributed by atoms with E-state index in [9.17, 15) is 4.79 Å². The molecule has 2 heterocycles. The molecule has 0 saturated heterocycles. The Bertz CT molecular complexity index is 979. The fourth-order valence-electron chi connectivity index (χ4n) is 3.07. The normalized spacial score (nSPS) is 15.9. The van der Waals surface area contributed by atoms with Crippen LogP contribution in [-0.2, 0) is 16.2 Å². The van der Waals surface area contributed by atoms with E-state index < -0.39 is 6.10 Å². The smallest absolute Gasteiger partial charge is 0.269 e. The SMILES string of the molecule is Cc1cccc(Cn2nccc2NC(=O)C2CC(c3ccccc3)=NO2)c1. The van der Waals surface area contributed by atoms with Gasteiger partial charge in [-0.1, -0.05) is 65.3 Å². The van der Waals surface area contributed by atoms with Crippen molar-refractivity contribution in [3.63, 3.8) is 0 Å². The molecule has 1 N–H and O–H groups in total. The third-order valence-corrected chi connectivity index (χ3v) is 4.45. The van der Waals surface area contributed by atoms with Crippen molar-refractivity contribution < 1.29 is 9.63 Å². The van der Waals surface area contributed by atoms with E-state index in [1.54, 1.807) is 16.9 Å². The molecule has 1 amide bonds. The third kappa shape index (κ3) is 3.89. The van der Waals surface area contributed by atoms with E-state index in [2.05, 4.69) is 34.6 Å². The van der Waals surface area contributed by atoms with E-state index in [0.29, 0.717) is 18.8 Å². The number of hydrogen-bond donors (Lipinski definition) is 1. The average Bonchev–Trinajstić information content (AvgIpc) is 3.33. The molecule has 1 aromatic heterocycles. The van der Waals surface area contributed by atoms with E-state index in [1.807, 2.05) is 42.5 Å². The maximum atomic E-state index is 12.6. The lowest BCUT2D eigenvalue weighted by atomic mass is 10.0. The van der Waals surface area contributed by atoms with Crippen molar-refractivity contribution in [3.8, 4) is 0 Å². The van der Waals surface area contributed by atoms with Gasteiger partial charge in [-0.05, 0) is 18.1 Å². The molecule has 6 heteroatoms. The second-order valence-corrected chi connectivity index (χ2v) is 6.55. The highest BCUT2D eigenvalue weighted by molar-refractivity contribution is 6.05. The van der Waals surface area contributed by atoms with Crippen LogP contribution in [0.1, 0.15) is 23.1 Å². The number of carbonyl (C=O) groups excluding carboxylic acids is 1. The van der Waals surface area contributed by atoms with Crippen LogP contribution >= 0.6 is 0 Å². The molecule has 3 aromatic rings. The van der Waals surface area contributed by atoms with Crippen molar-refractivity contribution in [3.05, 3.63) is 83.6 Å². The summed E-state index contributed by atoms with van der Waals surface area (Å²) in [6, 6.07) is 19.7. The maximum Gasteiger partial charge on any atom is 0.269 e. The molecule has 136 valence electrons. The van der Waals surface area contributed by atoms with Crippen LogP contribution in [0.3, 0.4) is 0 Å². The molecule has 4 rings (SSSR count). The fourth-order valence-corrected chi connectivity index (χ4v) is 3.07. The van der Waals surface area contributed by atoms with Gasteiger partial charge in [-0.3, -0.25) is 4.79 Å². The van der Waals surface area contributed by atoms with Crippen LogP contribution in [0.25, 0.3) is 0 Å². The zero-order valence-electron chi connectivity index (χ0n) is 15.0. The second kappa shape index (κ2) is 7.45. The Hall–Kier alpha value is -3.41. The van der Waals surface area contributed by atoms with Crippen molar-refractivity contribution in [2.24, 2.45) is 5.16 Å². The van der Waals surface area contributed by atoms with Crippen molar-refractivity contribution in [2.45, 2.75) is 26.0 Å². The molecular formula is C21H20N4O2. The summed E-state index contributed by atoms with van der Waals surface area (Å²) in [5.74, 6) is 0.411. The first kappa shape index (κ1) is 17.0. The Morgan fingerprint density at radius 2 is 2.04 bits per heavy atom. The molecule has 27 heavy (non-hydrogen) atoms. The molecular weight excluding hydrogens is 340 g/mol. The maximum absolute atomic E-state index is 12.6. The Kier molecular flexibility index (Phi) is 4.70. The summed E-state index contributed by atoms with van der Waals surface area (Å²) in [5.41, 5.74) is 4.07. The standard InChI is InChI=1S/C21H20N4O2/c1-15-6-5-7-16(12-15)14-25-20(10-11-22-25)23-21(26)19-13-18(24-27-19)17-8-3-2-4-9-17/h2-12,19H,13-14H2,1H3,(H,23,26). The highest BCUT2D eigenvalue weighted by Crippen LogP contribution is 2.19. The van der Waals surface area contributed by atoms with Gasteiger partial charge in [0.1, 0.15) is 5.82 Å². The van der Waals surface area contributed by atoms with Gasteiger partial charge in [-0.15, -0.1) is 0 Å². The first-order valence-electron chi connectivity index (χ1n) is 8.85. The van der Waals surface area contributed by atoms with Gasteiger partial charge in [0.25, 0.3) is 5.91 Å². The molecule has 0 spiro atoms. The zero-order valence-corrected chi connectivity index (χ0v) is 15.0. The molecule has 2 aromatic carbocycles. The second-order valence-electron chi connectivity index (χ2n) is 6.55. The van der Waals surface area contributed by atoms with Gasteiger partial charge in [0, 0.05) is 12.5 Å². The van der Waals surface area contributed by atoms with Crippen LogP contribution in [-0.4, -0.2) is 27.5 Å². The number of carbonyl (C=O) groups is 1. The molecule has 0 fully saturated rings. The van der Waals surface area contributed by atoms with Crippen molar-refractivity contribution >= 4 is 17.4 Å². The Morgan fingerprint density at radius 3 is 2.85 bits per heavy atom. The predicted octanol–water partition coefficient (Wildman–Crippen LogP) is 3.37. The number of benzene rings is 2. The number of aromatic nitrogens is 2. The minimum absolute atomic E-state index is 0.226. The zero-order chi connectivity index (χ0) is 18.6. The topological polar surface area (TPSA) is 68.5 Å². The first-order valence-corrected chi connectivity index (χ1v) is 8.85. The molecule has 0 saturated carbocycles. The average molecular weight is 360 g/mol. The Labute approximate surface area is 157 Å². The van der Waals surface area contributed by atoms with Gasteiger partial charge in [0.15, 0.2) is 0 Å². The van der Waals surface area contributed by atoms with Crippen LogP contribution in [0.2, 0.25) is 0 Å². The highest BCUT2D eigenvalue weighted by atomic mass is 16.6. The van der Waals surface area contributed by atoms with Crippen LogP contribution in [0, 0.1) is 6.92 Å². The molecule has 0 aliphatic carbocycles. The molecule has 0 radical (unpaired) electrons. The lowest BCUT2D eigenvalue weighted by Crippen LogP contribution is -2.29. The summed E-state index contributed by atoms with van der Waals surface area (Å²) in [4.78, 5) is 17.9.